The molecule has 3 aromatic carbocycles. The van der Waals surface area contributed by atoms with E-state index in [1.807, 2.05) is 12.1 Å². The summed E-state index contributed by atoms with van der Waals surface area (Å²) in [7, 11) is 1.67. The molecule has 1 aliphatic rings. The highest BCUT2D eigenvalue weighted by atomic mass is 35.5. The van der Waals surface area contributed by atoms with Crippen LogP contribution in [0.25, 0.3) is 0 Å². The number of nitrogens with zero attached hydrogens (tertiary/aromatic N) is 2. The van der Waals surface area contributed by atoms with Gasteiger partial charge in [-0.2, -0.15) is 0 Å². The second kappa shape index (κ2) is 9.17. The number of rotatable bonds is 6. The van der Waals surface area contributed by atoms with Gasteiger partial charge in [0.2, 0.25) is 0 Å². The molecule has 1 fully saturated rings. The van der Waals surface area contributed by atoms with E-state index < -0.39 is 0 Å². The molecule has 3 aromatic rings. The molecular weight excluding hydrogens is 399 g/mol. The van der Waals surface area contributed by atoms with Crippen LogP contribution in [0.1, 0.15) is 28.4 Å². The van der Waals surface area contributed by atoms with Gasteiger partial charge < -0.3 is 4.74 Å². The normalized spacial score (nSPS) is 17.4. The Labute approximate surface area is 182 Å². The van der Waals surface area contributed by atoms with Crippen LogP contribution in [0.3, 0.4) is 0 Å². The zero-order chi connectivity index (χ0) is 21.1. The zero-order valence-corrected chi connectivity index (χ0v) is 18.1. The average molecular weight is 425 g/mol. The van der Waals surface area contributed by atoms with Gasteiger partial charge in [-0.3, -0.25) is 9.80 Å². The first kappa shape index (κ1) is 20.9. The molecular formula is C25H26ClFN2O. The smallest absolute Gasteiger partial charge is 0.129 e. The lowest BCUT2D eigenvalue weighted by atomic mass is 10.1. The summed E-state index contributed by atoms with van der Waals surface area (Å²) in [5.41, 5.74) is 4.30. The molecule has 0 aliphatic carbocycles. The molecule has 156 valence electrons. The maximum absolute atomic E-state index is 14.5. The summed E-state index contributed by atoms with van der Waals surface area (Å²) >= 11 is 6.33. The van der Waals surface area contributed by atoms with Gasteiger partial charge in [-0.15, -0.1) is 0 Å². The van der Waals surface area contributed by atoms with Crippen LogP contribution in [-0.4, -0.2) is 30.0 Å². The minimum absolute atomic E-state index is 0.0335. The van der Waals surface area contributed by atoms with Gasteiger partial charge in [0.05, 0.1) is 13.3 Å². The van der Waals surface area contributed by atoms with Gasteiger partial charge in [0.15, 0.2) is 0 Å². The molecule has 0 radical (unpaired) electrons. The van der Waals surface area contributed by atoms with E-state index in [9.17, 15) is 4.39 Å². The number of aryl methyl sites for hydroxylation is 1. The topological polar surface area (TPSA) is 15.7 Å². The van der Waals surface area contributed by atoms with Crippen LogP contribution in [-0.2, 0) is 13.1 Å². The van der Waals surface area contributed by atoms with E-state index in [1.54, 1.807) is 19.2 Å². The van der Waals surface area contributed by atoms with Gasteiger partial charge in [0.1, 0.15) is 11.6 Å². The van der Waals surface area contributed by atoms with Crippen molar-refractivity contribution in [3.63, 3.8) is 0 Å². The molecule has 0 unspecified atom stereocenters. The van der Waals surface area contributed by atoms with E-state index in [1.165, 1.54) is 17.2 Å². The maximum Gasteiger partial charge on any atom is 0.129 e. The third-order valence-electron chi connectivity index (χ3n) is 5.84. The van der Waals surface area contributed by atoms with Crippen molar-refractivity contribution in [3.05, 3.63) is 99.8 Å². The van der Waals surface area contributed by atoms with Crippen LogP contribution in [0.4, 0.5) is 4.39 Å². The lowest BCUT2D eigenvalue weighted by Crippen LogP contribution is -2.31. The number of hydrogen-bond donors (Lipinski definition) is 0. The van der Waals surface area contributed by atoms with Crippen molar-refractivity contribution < 1.29 is 9.13 Å². The Kier molecular flexibility index (Phi) is 6.38. The number of hydrogen-bond acceptors (Lipinski definition) is 3. The molecule has 0 bridgehead atoms. The van der Waals surface area contributed by atoms with Gasteiger partial charge >= 0.3 is 0 Å². The molecule has 0 amide bonds. The predicted octanol–water partition coefficient (Wildman–Crippen LogP) is 5.81. The maximum atomic E-state index is 14.5. The molecule has 1 aliphatic heterocycles. The lowest BCUT2D eigenvalue weighted by molar-refractivity contribution is 0.124. The monoisotopic (exact) mass is 424 g/mol. The fourth-order valence-corrected chi connectivity index (χ4v) is 4.38. The molecule has 0 aromatic heterocycles. The molecule has 4 rings (SSSR count). The van der Waals surface area contributed by atoms with Crippen molar-refractivity contribution in [2.24, 2.45) is 0 Å². The first-order valence-electron chi connectivity index (χ1n) is 10.2. The summed E-state index contributed by atoms with van der Waals surface area (Å²) in [6.07, 6.45) is 0.0335. The number of halogens is 2. The molecule has 3 nitrogen and oxygen atoms in total. The summed E-state index contributed by atoms with van der Waals surface area (Å²) in [6.45, 7) is 5.19. The number of methoxy groups -OCH3 is 1. The van der Waals surface area contributed by atoms with Crippen LogP contribution < -0.4 is 4.74 Å². The van der Waals surface area contributed by atoms with E-state index in [0.29, 0.717) is 17.1 Å². The van der Waals surface area contributed by atoms with Gasteiger partial charge in [-0.05, 0) is 47.9 Å². The van der Waals surface area contributed by atoms with Crippen molar-refractivity contribution in [1.82, 2.24) is 9.80 Å². The van der Waals surface area contributed by atoms with E-state index >= 15 is 0 Å². The highest BCUT2D eigenvalue weighted by Gasteiger charge is 2.34. The summed E-state index contributed by atoms with van der Waals surface area (Å²) in [4.78, 5) is 4.74. The first-order valence-corrected chi connectivity index (χ1v) is 10.5. The molecule has 0 saturated carbocycles. The van der Waals surface area contributed by atoms with Crippen molar-refractivity contribution in [3.8, 4) is 5.75 Å². The third kappa shape index (κ3) is 4.36. The molecule has 30 heavy (non-hydrogen) atoms. The molecule has 1 atom stereocenters. The molecule has 1 saturated heterocycles. The molecule has 5 heteroatoms. The van der Waals surface area contributed by atoms with Crippen LogP contribution in [0.2, 0.25) is 5.02 Å². The highest BCUT2D eigenvalue weighted by Crippen LogP contribution is 2.35. The first-order chi connectivity index (χ1) is 14.6. The van der Waals surface area contributed by atoms with Crippen LogP contribution >= 0.6 is 11.6 Å². The quantitative estimate of drug-likeness (QED) is 0.496. The average Bonchev–Trinajstić information content (AvgIpc) is 3.14. The number of benzene rings is 3. The summed E-state index contributed by atoms with van der Waals surface area (Å²) in [5, 5.41) is 0.473. The van der Waals surface area contributed by atoms with E-state index in [4.69, 9.17) is 16.3 Å². The Hall–Kier alpha value is -2.40. The zero-order valence-electron chi connectivity index (χ0n) is 17.3. The van der Waals surface area contributed by atoms with E-state index in [2.05, 4.69) is 53.1 Å². The highest BCUT2D eigenvalue weighted by molar-refractivity contribution is 6.31. The van der Waals surface area contributed by atoms with Crippen LogP contribution in [0, 0.1) is 12.7 Å². The lowest BCUT2D eigenvalue weighted by Gasteiger charge is -2.31. The largest absolute Gasteiger partial charge is 0.497 e. The Morgan fingerprint density at radius 1 is 0.933 bits per heavy atom. The standard InChI is InChI=1S/C25H26ClFN2O/c1-18-6-3-4-7-20(18)16-28-14-15-29(17-22-23(26)8-5-9-24(22)27)25(28)19-10-12-21(30-2)13-11-19/h3-13,25H,14-17H2,1-2H3/t25-/m0/s1. The van der Waals surface area contributed by atoms with Crippen molar-refractivity contribution in [2.45, 2.75) is 26.2 Å². The number of ether oxygens (including phenoxy) is 1. The Morgan fingerprint density at radius 3 is 2.30 bits per heavy atom. The predicted molar refractivity (Wildman–Crippen MR) is 119 cm³/mol. The second-order valence-electron chi connectivity index (χ2n) is 7.71. The van der Waals surface area contributed by atoms with Crippen molar-refractivity contribution in [1.29, 1.82) is 0 Å². The van der Waals surface area contributed by atoms with Crippen molar-refractivity contribution >= 4 is 11.6 Å². The SMILES string of the molecule is COc1ccc([C@H]2N(Cc3ccccc3C)CCN2Cc2c(F)cccc2Cl)cc1. The molecule has 1 heterocycles. The van der Waals surface area contributed by atoms with Crippen molar-refractivity contribution in [2.75, 3.05) is 20.2 Å². The summed E-state index contributed by atoms with van der Waals surface area (Å²) < 4.78 is 19.8. The minimum Gasteiger partial charge on any atom is -0.497 e. The Balaban J connectivity index is 1.66. The molecule has 0 N–H and O–H groups in total. The Bertz CT molecular complexity index is 988. The second-order valence-corrected chi connectivity index (χ2v) is 8.12. The fraction of sp³-hybridized carbons (Fsp3) is 0.280. The Morgan fingerprint density at radius 2 is 1.63 bits per heavy atom. The van der Waals surface area contributed by atoms with Crippen LogP contribution in [0.5, 0.6) is 5.75 Å². The van der Waals surface area contributed by atoms with Gasteiger partial charge in [-0.1, -0.05) is 54.1 Å². The molecule has 0 spiro atoms. The summed E-state index contributed by atoms with van der Waals surface area (Å²) in [6, 6.07) is 21.5. The van der Waals surface area contributed by atoms with Gasteiger partial charge in [0.25, 0.3) is 0 Å². The van der Waals surface area contributed by atoms with Gasteiger partial charge in [0, 0.05) is 36.8 Å². The third-order valence-corrected chi connectivity index (χ3v) is 6.19. The minimum atomic E-state index is -0.256. The van der Waals surface area contributed by atoms with E-state index in [-0.39, 0.29) is 12.0 Å². The fourth-order valence-electron chi connectivity index (χ4n) is 4.15. The van der Waals surface area contributed by atoms with E-state index in [0.717, 1.165) is 30.9 Å². The van der Waals surface area contributed by atoms with Gasteiger partial charge in [-0.25, -0.2) is 4.39 Å². The summed E-state index contributed by atoms with van der Waals surface area (Å²) in [5.74, 6) is 0.569. The van der Waals surface area contributed by atoms with Crippen LogP contribution in [0.15, 0.2) is 66.7 Å².